The molecule has 0 aliphatic carbocycles. The Hall–Kier alpha value is -0.770. The zero-order valence-corrected chi connectivity index (χ0v) is 15.1. The van der Waals surface area contributed by atoms with Crippen LogP contribution in [0, 0.1) is 11.3 Å². The van der Waals surface area contributed by atoms with Gasteiger partial charge < -0.3 is 0 Å². The molecule has 0 aromatic carbocycles. The molecule has 0 N–H and O–H groups in total. The van der Waals surface area contributed by atoms with Crippen LogP contribution in [-0.4, -0.2) is 0 Å². The quantitative estimate of drug-likeness (QED) is 0.199. The van der Waals surface area contributed by atoms with Gasteiger partial charge in [-0.2, -0.15) is 5.26 Å². The lowest BCUT2D eigenvalue weighted by Crippen LogP contribution is -1.80. The summed E-state index contributed by atoms with van der Waals surface area (Å²) in [5, 5.41) is 8.44. The molecule has 0 atom stereocenters. The molecule has 0 aliphatic heterocycles. The molecule has 0 aliphatic rings. The summed E-state index contributed by atoms with van der Waals surface area (Å²) >= 11 is 0. The van der Waals surface area contributed by atoms with Gasteiger partial charge in [0, 0.05) is 6.42 Å². The molecule has 0 amide bonds. The van der Waals surface area contributed by atoms with Crippen molar-refractivity contribution in [2.75, 3.05) is 0 Å². The summed E-state index contributed by atoms with van der Waals surface area (Å²) in [6.07, 6.45) is 27.1. The zero-order valence-electron chi connectivity index (χ0n) is 15.1. The van der Waals surface area contributed by atoms with E-state index in [1.807, 2.05) is 0 Å². The molecule has 0 spiro atoms. The van der Waals surface area contributed by atoms with E-state index in [1.54, 1.807) is 0 Å². The molecule has 0 aromatic heterocycles. The molecule has 22 heavy (non-hydrogen) atoms. The number of nitrogens with zero attached hydrogens (tertiary/aromatic N) is 1. The van der Waals surface area contributed by atoms with Gasteiger partial charge in [-0.1, -0.05) is 89.7 Å². The molecular weight excluding hydrogens is 266 g/mol. The van der Waals surface area contributed by atoms with Crippen LogP contribution in [0.3, 0.4) is 0 Å². The van der Waals surface area contributed by atoms with Crippen LogP contribution in [0.15, 0.2) is 12.2 Å². The first kappa shape index (κ1) is 21.2. The van der Waals surface area contributed by atoms with Gasteiger partial charge in [0.2, 0.25) is 0 Å². The van der Waals surface area contributed by atoms with E-state index < -0.39 is 0 Å². The number of hydrogen-bond acceptors (Lipinski definition) is 1. The first-order chi connectivity index (χ1) is 10.9. The molecule has 0 radical (unpaired) electrons. The van der Waals surface area contributed by atoms with Crippen molar-refractivity contribution in [2.24, 2.45) is 0 Å². The molecule has 0 saturated heterocycles. The highest BCUT2D eigenvalue weighted by atomic mass is 14.2. The third kappa shape index (κ3) is 19.2. The number of rotatable bonds is 17. The van der Waals surface area contributed by atoms with E-state index in [2.05, 4.69) is 25.1 Å². The fourth-order valence-electron chi connectivity index (χ4n) is 2.81. The average molecular weight is 306 g/mol. The first-order valence-corrected chi connectivity index (χ1v) is 9.93. The molecule has 0 rings (SSSR count). The minimum Gasteiger partial charge on any atom is -0.198 e. The number of allylic oxidation sites excluding steroid dienone is 2. The van der Waals surface area contributed by atoms with Crippen molar-refractivity contribution in [2.45, 2.75) is 116 Å². The van der Waals surface area contributed by atoms with Crippen molar-refractivity contribution >= 4 is 0 Å². The van der Waals surface area contributed by atoms with E-state index in [1.165, 1.54) is 96.3 Å². The lowest BCUT2D eigenvalue weighted by atomic mass is 10.1. The fourth-order valence-corrected chi connectivity index (χ4v) is 2.81. The van der Waals surface area contributed by atoms with Crippen LogP contribution in [-0.2, 0) is 0 Å². The monoisotopic (exact) mass is 305 g/mol. The molecule has 128 valence electrons. The predicted molar refractivity (Wildman–Crippen MR) is 98.9 cm³/mol. The molecule has 1 heteroatoms. The third-order valence-corrected chi connectivity index (χ3v) is 4.30. The van der Waals surface area contributed by atoms with Gasteiger partial charge in [-0.05, 0) is 32.1 Å². The summed E-state index contributed by atoms with van der Waals surface area (Å²) in [6, 6.07) is 2.21. The Labute approximate surface area is 140 Å². The van der Waals surface area contributed by atoms with E-state index in [0.29, 0.717) is 0 Å². The van der Waals surface area contributed by atoms with Gasteiger partial charge in [-0.25, -0.2) is 0 Å². The summed E-state index contributed by atoms with van der Waals surface area (Å²) in [5.74, 6) is 0. The highest BCUT2D eigenvalue weighted by molar-refractivity contribution is 4.81. The number of hydrogen-bond donors (Lipinski definition) is 0. The smallest absolute Gasteiger partial charge is 0.0621 e. The molecular formula is C21H39N. The number of unbranched alkanes of at least 4 members (excludes halogenated alkanes) is 15. The van der Waals surface area contributed by atoms with Crippen molar-refractivity contribution in [1.82, 2.24) is 0 Å². The van der Waals surface area contributed by atoms with Gasteiger partial charge in [-0.3, -0.25) is 0 Å². The Kier molecular flexibility index (Phi) is 19.5. The van der Waals surface area contributed by atoms with Gasteiger partial charge in [-0.15, -0.1) is 0 Å². The predicted octanol–water partition coefficient (Wildman–Crippen LogP) is 7.72. The Morgan fingerprint density at radius 2 is 1.00 bits per heavy atom. The van der Waals surface area contributed by atoms with Gasteiger partial charge in [0.1, 0.15) is 0 Å². The summed E-state index contributed by atoms with van der Waals surface area (Å²) in [4.78, 5) is 0. The van der Waals surface area contributed by atoms with Crippen LogP contribution in [0.5, 0.6) is 0 Å². The topological polar surface area (TPSA) is 23.8 Å². The Bertz CT molecular complexity index is 262. The highest BCUT2D eigenvalue weighted by Gasteiger charge is 1.92. The van der Waals surface area contributed by atoms with E-state index in [4.69, 9.17) is 5.26 Å². The summed E-state index contributed by atoms with van der Waals surface area (Å²) in [5.41, 5.74) is 0. The van der Waals surface area contributed by atoms with Crippen LogP contribution in [0.25, 0.3) is 0 Å². The molecule has 0 bridgehead atoms. The van der Waals surface area contributed by atoms with Crippen LogP contribution < -0.4 is 0 Å². The van der Waals surface area contributed by atoms with Gasteiger partial charge in [0.15, 0.2) is 0 Å². The lowest BCUT2D eigenvalue weighted by molar-refractivity contribution is 0.583. The van der Waals surface area contributed by atoms with Crippen molar-refractivity contribution in [3.05, 3.63) is 12.2 Å². The number of nitriles is 1. The van der Waals surface area contributed by atoms with E-state index in [-0.39, 0.29) is 0 Å². The first-order valence-electron chi connectivity index (χ1n) is 9.93. The average Bonchev–Trinajstić information content (AvgIpc) is 2.54. The maximum Gasteiger partial charge on any atom is 0.0621 e. The molecule has 1 nitrogen and oxygen atoms in total. The SMILES string of the molecule is CCCCCCCCCC=CCCCCCCCCCC#N. The van der Waals surface area contributed by atoms with Crippen LogP contribution >= 0.6 is 0 Å². The minimum atomic E-state index is 0.740. The fraction of sp³-hybridized carbons (Fsp3) is 0.857. The summed E-state index contributed by atoms with van der Waals surface area (Å²) in [7, 11) is 0. The molecule has 0 aromatic rings. The molecule has 0 heterocycles. The van der Waals surface area contributed by atoms with Crippen LogP contribution in [0.2, 0.25) is 0 Å². The summed E-state index contributed by atoms with van der Waals surface area (Å²) in [6.45, 7) is 2.28. The zero-order chi connectivity index (χ0) is 16.1. The maximum absolute atomic E-state index is 8.44. The third-order valence-electron chi connectivity index (χ3n) is 4.30. The summed E-state index contributed by atoms with van der Waals surface area (Å²) < 4.78 is 0. The Morgan fingerprint density at radius 3 is 1.45 bits per heavy atom. The second-order valence-corrected chi connectivity index (χ2v) is 6.55. The standard InChI is InChI=1S/C21H39N/c1-2-3-4-5-6-7-8-9-10-11-12-13-14-15-16-17-18-19-20-21-22/h10-11H,2-9,12-20H2,1H3. The van der Waals surface area contributed by atoms with Crippen molar-refractivity contribution in [3.63, 3.8) is 0 Å². The second-order valence-electron chi connectivity index (χ2n) is 6.55. The van der Waals surface area contributed by atoms with E-state index in [9.17, 15) is 0 Å². The second kappa shape index (κ2) is 20.2. The van der Waals surface area contributed by atoms with Crippen molar-refractivity contribution in [3.8, 4) is 6.07 Å². The van der Waals surface area contributed by atoms with E-state index >= 15 is 0 Å². The minimum absolute atomic E-state index is 0.740. The van der Waals surface area contributed by atoms with E-state index in [0.717, 1.165) is 12.8 Å². The van der Waals surface area contributed by atoms with Crippen molar-refractivity contribution in [1.29, 1.82) is 5.26 Å². The van der Waals surface area contributed by atoms with Crippen LogP contribution in [0.4, 0.5) is 0 Å². The van der Waals surface area contributed by atoms with Gasteiger partial charge in [0.25, 0.3) is 0 Å². The van der Waals surface area contributed by atoms with Crippen LogP contribution in [0.1, 0.15) is 116 Å². The molecule has 0 unspecified atom stereocenters. The highest BCUT2D eigenvalue weighted by Crippen LogP contribution is 2.11. The molecule has 0 saturated carbocycles. The Morgan fingerprint density at radius 1 is 0.591 bits per heavy atom. The van der Waals surface area contributed by atoms with Gasteiger partial charge >= 0.3 is 0 Å². The van der Waals surface area contributed by atoms with Crippen molar-refractivity contribution < 1.29 is 0 Å². The lowest BCUT2D eigenvalue weighted by Gasteiger charge is -2.00. The maximum atomic E-state index is 8.44. The van der Waals surface area contributed by atoms with Gasteiger partial charge in [0.05, 0.1) is 6.07 Å². The molecule has 0 fully saturated rings. The Balaban J connectivity index is 3.04. The largest absolute Gasteiger partial charge is 0.198 e. The normalized spacial score (nSPS) is 11.1.